The third-order valence-electron chi connectivity index (χ3n) is 15.4. The smallest absolute Gasteiger partial charge is 0.266 e. The zero-order valence-corrected chi connectivity index (χ0v) is 52.6. The number of nitrogens with zero attached hydrogens (tertiary/aromatic N) is 3. The molecule has 4 aliphatic heterocycles. The van der Waals surface area contributed by atoms with Gasteiger partial charge in [-0.15, -0.1) is 0 Å². The molecule has 10 amide bonds. The number of ether oxygens (including phenoxy) is 1. The Kier molecular flexibility index (Phi) is 30.2. The summed E-state index contributed by atoms with van der Waals surface area (Å²) in [6, 6.07) is -6.63. The molecule has 13 N–H and O–H groups in total. The van der Waals surface area contributed by atoms with E-state index in [1.807, 2.05) is 18.2 Å². The molecule has 0 radical (unpaired) electrons. The number of carbonyl (C=O) groups excluding carboxylic acids is 11. The molecular formula is C57H88N12O15S3. The van der Waals surface area contributed by atoms with Crippen LogP contribution in [0.3, 0.4) is 0 Å². The lowest BCUT2D eigenvalue weighted by Crippen LogP contribution is -2.62. The van der Waals surface area contributed by atoms with Crippen molar-refractivity contribution in [2.45, 2.75) is 183 Å². The number of carboxylic acid groups (broad SMARTS) is 1. The average molecular weight is 1280 g/mol. The standard InChI is InChI=1S/C57H88N12O15S3/c1-5-33(2)47-57(82)69-20-13-16-44(69)54(79)67-48(34(3)70)55(80)64-41(49(59)74)31-86-29-35-24-36-26-37(25-35)83-21-10-6-7-11-22-84-60-28-45(71)61-38(14-8-9-18-58)50(75)65-42(32-87-30-36)56(81)68-19-12-15-43(68)53(78)62-39(17-23-85-4)51(76)63-40(27-46(72)73)52(77)66-47/h24-26,28,33-34,38-44,47-48,70H,5-23,27,29-32,58H2,1-4H3,(H2,59,74)(H,61,71)(H,62,78)(H,63,76)(H,64,80)(H,65,75)(H,66,77)(H,67,79)(H,72,73)/b60-28+/t33-,34+,38-,39-,40-,41-,42-,43-,44-,47-,48-/m0/s1. The fourth-order valence-corrected chi connectivity index (χ4v) is 12.9. The Morgan fingerprint density at radius 1 is 0.724 bits per heavy atom. The van der Waals surface area contributed by atoms with Crippen LogP contribution in [0, 0.1) is 5.92 Å². The van der Waals surface area contributed by atoms with Gasteiger partial charge in [0.1, 0.15) is 72.9 Å². The molecule has 1 aromatic carbocycles. The van der Waals surface area contributed by atoms with Gasteiger partial charge in [-0.1, -0.05) is 31.5 Å². The van der Waals surface area contributed by atoms with Crippen LogP contribution in [0.25, 0.3) is 0 Å². The monoisotopic (exact) mass is 1280 g/mol. The Bertz CT molecular complexity index is 2590. The minimum atomic E-state index is -1.84. The van der Waals surface area contributed by atoms with Gasteiger partial charge >= 0.3 is 0 Å². The van der Waals surface area contributed by atoms with Crippen LogP contribution < -0.4 is 58.5 Å². The Labute approximate surface area is 520 Å². The van der Waals surface area contributed by atoms with Crippen LogP contribution in [-0.2, 0) is 69.1 Å². The molecule has 2 saturated heterocycles. The highest BCUT2D eigenvalue weighted by molar-refractivity contribution is 7.99. The van der Waals surface area contributed by atoms with Gasteiger partial charge in [0.25, 0.3) is 5.91 Å². The molecular weight excluding hydrogens is 1190 g/mol. The van der Waals surface area contributed by atoms with Gasteiger partial charge in [0.2, 0.25) is 53.2 Å². The molecule has 0 spiro atoms. The minimum absolute atomic E-state index is 0.00520. The summed E-state index contributed by atoms with van der Waals surface area (Å²) in [6.45, 7) is 5.94. The lowest BCUT2D eigenvalue weighted by molar-refractivity contribution is -0.368. The molecule has 484 valence electrons. The molecule has 0 aromatic heterocycles. The highest BCUT2D eigenvalue weighted by Crippen LogP contribution is 2.28. The second-order valence-corrected chi connectivity index (χ2v) is 25.3. The van der Waals surface area contributed by atoms with Crippen molar-refractivity contribution in [2.24, 2.45) is 16.8 Å². The van der Waals surface area contributed by atoms with E-state index in [1.54, 1.807) is 20.1 Å². The molecule has 0 saturated carbocycles. The van der Waals surface area contributed by atoms with Gasteiger partial charge in [0, 0.05) is 48.5 Å². The number of benzene rings is 1. The number of aliphatic hydroxyl groups excluding tert-OH is 1. The normalized spacial score (nSPS) is 27.4. The van der Waals surface area contributed by atoms with Gasteiger partial charge in [-0.3, -0.25) is 47.9 Å². The van der Waals surface area contributed by atoms with E-state index in [1.165, 1.54) is 52.0 Å². The predicted molar refractivity (Wildman–Crippen MR) is 325 cm³/mol. The van der Waals surface area contributed by atoms with E-state index in [0.29, 0.717) is 69.6 Å². The number of hydrogen-bond donors (Lipinski definition) is 10. The first-order chi connectivity index (χ1) is 41.6. The molecule has 11 atom stereocenters. The lowest BCUT2D eigenvalue weighted by Gasteiger charge is -2.33. The summed E-state index contributed by atoms with van der Waals surface area (Å²) in [5.74, 6) is -9.14. The number of thioether (sulfide) groups is 3. The summed E-state index contributed by atoms with van der Waals surface area (Å²) >= 11 is 3.89. The Morgan fingerprint density at radius 2 is 1.31 bits per heavy atom. The maximum absolute atomic E-state index is 15.0. The van der Waals surface area contributed by atoms with Gasteiger partial charge in [0.05, 0.1) is 19.3 Å². The van der Waals surface area contributed by atoms with E-state index < -0.39 is 138 Å². The summed E-state index contributed by atoms with van der Waals surface area (Å²) in [7, 11) is 0. The first-order valence-corrected chi connectivity index (χ1v) is 33.6. The number of quaternary nitrogens is 1. The first kappa shape index (κ1) is 71.4. The lowest BCUT2D eigenvalue weighted by atomic mass is 9.96. The molecule has 1 aromatic rings. The Morgan fingerprint density at radius 3 is 1.93 bits per heavy atom. The molecule has 4 aliphatic rings. The second kappa shape index (κ2) is 36.8. The summed E-state index contributed by atoms with van der Waals surface area (Å²) in [4.78, 5) is 161. The van der Waals surface area contributed by atoms with Crippen molar-refractivity contribution in [3.8, 4) is 5.75 Å². The summed E-state index contributed by atoms with van der Waals surface area (Å²) in [6.07, 6.45) is 5.67. The number of carboxylic acids is 1. The number of aliphatic hydroxyl groups is 1. The van der Waals surface area contributed by atoms with Crippen LogP contribution >= 0.6 is 35.3 Å². The van der Waals surface area contributed by atoms with Gasteiger partial charge < -0.3 is 83.1 Å². The number of primary amides is 1. The fourth-order valence-electron chi connectivity index (χ4n) is 10.4. The third-order valence-corrected chi connectivity index (χ3v) is 18.3. The van der Waals surface area contributed by atoms with Crippen molar-refractivity contribution in [1.29, 1.82) is 0 Å². The summed E-state index contributed by atoms with van der Waals surface area (Å²) in [5.41, 5.74) is 11.2. The number of rotatable bonds is 13. The topological polar surface area (TPSA) is 406 Å². The number of nitrogens with one attached hydrogen (secondary N) is 7. The number of nitrogens with two attached hydrogens (primary N) is 1. The maximum Gasteiger partial charge on any atom is 0.266 e. The van der Waals surface area contributed by atoms with Crippen LogP contribution in [0.1, 0.15) is 122 Å². The fraction of sp³-hybridized carbons (Fsp3) is 0.684. The SMILES string of the molecule is CC[C@H](C)[C@@H]1NC(=O)[C@H](CC(=O)[O-])NC(=O)[C@H](CCSC)NC(=O)[C@@H]2CCCN2C(=O)[C@@H]2CSCc3cc(cc(c3)OCCCCCCO/N=C/C(=O)N[C@@H](CCCC[NH3+])C(=O)N2)CSC[C@@H](C(N)=O)NC(=O)[C@H]([C@@H](C)O)NC(=O)[C@@H]2CCCN2C1=O. The number of unbranched alkanes of at least 4 members (excludes halogenated alkanes) is 1. The average Bonchev–Trinajstić information content (AvgIpc) is 2.46. The van der Waals surface area contributed by atoms with Crippen molar-refractivity contribution in [3.05, 3.63) is 29.3 Å². The van der Waals surface area contributed by atoms with Gasteiger partial charge in [-0.05, 0) is 125 Å². The summed E-state index contributed by atoms with van der Waals surface area (Å²) in [5, 5.41) is 45.4. The Hall–Kier alpha value is -6.37. The molecule has 5 rings (SSSR count). The van der Waals surface area contributed by atoms with Gasteiger partial charge in [-0.25, -0.2) is 0 Å². The third kappa shape index (κ3) is 22.6. The molecule has 4 bridgehead atoms. The number of oxime groups is 1. The number of fused-ring (bicyclic) bond motifs is 7. The van der Waals surface area contributed by atoms with Crippen molar-refractivity contribution in [3.63, 3.8) is 0 Å². The zero-order chi connectivity index (χ0) is 63.6. The van der Waals surface area contributed by atoms with Gasteiger partial charge in [0.15, 0.2) is 0 Å². The predicted octanol–water partition coefficient (Wildman–Crippen LogP) is -2.29. The van der Waals surface area contributed by atoms with Crippen LogP contribution in [0.2, 0.25) is 0 Å². The Balaban J connectivity index is 1.57. The molecule has 0 unspecified atom stereocenters. The molecule has 4 heterocycles. The highest BCUT2D eigenvalue weighted by Gasteiger charge is 2.43. The number of amides is 10. The quantitative estimate of drug-likeness (QED) is 0.0930. The van der Waals surface area contributed by atoms with Crippen LogP contribution in [-0.4, -0.2) is 203 Å². The molecule has 0 aliphatic carbocycles. The molecule has 87 heavy (non-hydrogen) atoms. The molecule has 27 nitrogen and oxygen atoms in total. The van der Waals surface area contributed by atoms with E-state index in [0.717, 1.165) is 30.2 Å². The number of carbonyl (C=O) groups is 11. The van der Waals surface area contributed by atoms with Crippen LogP contribution in [0.4, 0.5) is 0 Å². The van der Waals surface area contributed by atoms with E-state index in [2.05, 4.69) is 48.1 Å². The highest BCUT2D eigenvalue weighted by atomic mass is 32.2. The zero-order valence-electron chi connectivity index (χ0n) is 50.1. The summed E-state index contributed by atoms with van der Waals surface area (Å²) < 4.78 is 6.27. The van der Waals surface area contributed by atoms with Crippen molar-refractivity contribution >= 4 is 107 Å². The minimum Gasteiger partial charge on any atom is -0.550 e. The van der Waals surface area contributed by atoms with Crippen LogP contribution in [0.5, 0.6) is 5.75 Å². The molecule has 2 fully saturated rings. The number of aliphatic carboxylic acids is 1. The second-order valence-electron chi connectivity index (χ2n) is 22.2. The molecule has 30 heteroatoms. The van der Waals surface area contributed by atoms with E-state index in [-0.39, 0.29) is 68.4 Å². The van der Waals surface area contributed by atoms with E-state index in [4.69, 9.17) is 15.3 Å². The van der Waals surface area contributed by atoms with Crippen LogP contribution in [0.15, 0.2) is 23.4 Å². The largest absolute Gasteiger partial charge is 0.550 e. The van der Waals surface area contributed by atoms with Crippen molar-refractivity contribution in [1.82, 2.24) is 47.0 Å². The van der Waals surface area contributed by atoms with E-state index in [9.17, 15) is 58.2 Å². The first-order valence-electron chi connectivity index (χ1n) is 29.9. The maximum atomic E-state index is 15.0. The van der Waals surface area contributed by atoms with Crippen molar-refractivity contribution in [2.75, 3.05) is 56.4 Å². The van der Waals surface area contributed by atoms with Gasteiger partial charge in [-0.2, -0.15) is 35.3 Å². The van der Waals surface area contributed by atoms with E-state index >= 15 is 4.79 Å². The number of hydrogen-bond acceptors (Lipinski definition) is 19. The van der Waals surface area contributed by atoms with Crippen molar-refractivity contribution < 1.29 is 78.3 Å².